The van der Waals surface area contributed by atoms with Crippen molar-refractivity contribution in [3.05, 3.63) is 33.9 Å². The first-order valence-electron chi connectivity index (χ1n) is 5.11. The Labute approximate surface area is 86.4 Å². The van der Waals surface area contributed by atoms with Gasteiger partial charge in [-0.3, -0.25) is 4.79 Å². The number of aryl methyl sites for hydroxylation is 1. The quantitative estimate of drug-likeness (QED) is 0.760. The Morgan fingerprint density at radius 3 is 2.87 bits per heavy atom. The van der Waals surface area contributed by atoms with Gasteiger partial charge in [-0.1, -0.05) is 0 Å². The molecular formula is C11H11N3O. The molecule has 3 rings (SSSR count). The summed E-state index contributed by atoms with van der Waals surface area (Å²) in [5.74, 6) is 0.596. The lowest BCUT2D eigenvalue weighted by atomic mass is 10.2. The van der Waals surface area contributed by atoms with Crippen LogP contribution in [0.15, 0.2) is 16.9 Å². The molecule has 2 aromatic rings. The van der Waals surface area contributed by atoms with Gasteiger partial charge in [-0.05, 0) is 31.9 Å². The van der Waals surface area contributed by atoms with Gasteiger partial charge < -0.3 is 4.98 Å². The highest BCUT2D eigenvalue weighted by Gasteiger charge is 2.25. The number of aromatic amines is 1. The van der Waals surface area contributed by atoms with Gasteiger partial charge in [-0.25, -0.2) is 9.97 Å². The summed E-state index contributed by atoms with van der Waals surface area (Å²) in [6, 6.07) is 3.93. The third-order valence-corrected chi connectivity index (χ3v) is 2.74. The van der Waals surface area contributed by atoms with Crippen LogP contribution < -0.4 is 5.56 Å². The van der Waals surface area contributed by atoms with Crippen molar-refractivity contribution in [1.82, 2.24) is 15.0 Å². The lowest BCUT2D eigenvalue weighted by Gasteiger charge is -2.00. The minimum Gasteiger partial charge on any atom is -0.304 e. The number of H-pyrrole nitrogens is 1. The van der Waals surface area contributed by atoms with Gasteiger partial charge in [0, 0.05) is 11.6 Å². The van der Waals surface area contributed by atoms with Crippen molar-refractivity contribution >= 4 is 11.2 Å². The Bertz CT molecular complexity index is 584. The Morgan fingerprint density at radius 1 is 1.33 bits per heavy atom. The van der Waals surface area contributed by atoms with Crippen LogP contribution in [-0.4, -0.2) is 15.0 Å². The van der Waals surface area contributed by atoms with Crippen molar-refractivity contribution in [3.63, 3.8) is 0 Å². The molecule has 0 amide bonds. The van der Waals surface area contributed by atoms with Crippen LogP contribution in [0, 0.1) is 6.92 Å². The molecule has 1 saturated carbocycles. The lowest BCUT2D eigenvalue weighted by molar-refractivity contribution is 1.01. The highest BCUT2D eigenvalue weighted by Crippen LogP contribution is 2.39. The van der Waals surface area contributed by atoms with Crippen LogP contribution in [-0.2, 0) is 0 Å². The Hall–Kier alpha value is -1.71. The summed E-state index contributed by atoms with van der Waals surface area (Å²) in [5, 5.41) is 0. The first kappa shape index (κ1) is 8.59. The second-order valence-corrected chi connectivity index (χ2v) is 4.03. The number of aromatic nitrogens is 3. The molecule has 0 saturated heterocycles. The molecule has 1 N–H and O–H groups in total. The topological polar surface area (TPSA) is 58.6 Å². The molecule has 1 aliphatic rings. The van der Waals surface area contributed by atoms with Gasteiger partial charge in [-0.2, -0.15) is 0 Å². The van der Waals surface area contributed by atoms with E-state index >= 15 is 0 Å². The van der Waals surface area contributed by atoms with Gasteiger partial charge in [0.2, 0.25) is 0 Å². The van der Waals surface area contributed by atoms with E-state index in [0.29, 0.717) is 17.3 Å². The molecule has 0 radical (unpaired) electrons. The monoisotopic (exact) mass is 201 g/mol. The van der Waals surface area contributed by atoms with Crippen molar-refractivity contribution in [2.45, 2.75) is 25.7 Å². The first-order valence-corrected chi connectivity index (χ1v) is 5.11. The molecule has 1 aliphatic carbocycles. The normalized spacial score (nSPS) is 15.8. The fourth-order valence-corrected chi connectivity index (χ4v) is 1.69. The highest BCUT2D eigenvalue weighted by molar-refractivity contribution is 5.69. The first-order chi connectivity index (χ1) is 7.24. The van der Waals surface area contributed by atoms with Gasteiger partial charge >= 0.3 is 0 Å². The van der Waals surface area contributed by atoms with Crippen LogP contribution in [0.3, 0.4) is 0 Å². The zero-order chi connectivity index (χ0) is 10.4. The predicted octanol–water partition coefficient (Wildman–Crippen LogP) is 1.50. The van der Waals surface area contributed by atoms with E-state index in [2.05, 4.69) is 15.0 Å². The molecule has 4 nitrogen and oxygen atoms in total. The summed E-state index contributed by atoms with van der Waals surface area (Å²) in [5.41, 5.74) is 2.78. The average Bonchev–Trinajstić information content (AvgIpc) is 3.02. The van der Waals surface area contributed by atoms with Crippen molar-refractivity contribution < 1.29 is 0 Å². The van der Waals surface area contributed by atoms with Crippen LogP contribution in [0.5, 0.6) is 0 Å². The lowest BCUT2D eigenvalue weighted by Crippen LogP contribution is -2.12. The standard InChI is InChI=1S/C11H11N3O/c1-6-11(15)14-10-9(12-6)5-4-8(13-10)7-2-3-7/h4-5,7H,2-3H2,1H3,(H,13,14,15). The molecule has 2 aromatic heterocycles. The largest absolute Gasteiger partial charge is 0.304 e. The summed E-state index contributed by atoms with van der Waals surface area (Å²) in [4.78, 5) is 22.7. The van der Waals surface area contributed by atoms with Crippen LogP contribution in [0.1, 0.15) is 30.1 Å². The molecule has 1 fully saturated rings. The van der Waals surface area contributed by atoms with E-state index in [-0.39, 0.29) is 5.56 Å². The molecule has 15 heavy (non-hydrogen) atoms. The molecule has 4 heteroatoms. The summed E-state index contributed by atoms with van der Waals surface area (Å²) in [7, 11) is 0. The van der Waals surface area contributed by atoms with Gasteiger partial charge in [0.15, 0.2) is 5.65 Å². The Morgan fingerprint density at radius 2 is 2.13 bits per heavy atom. The number of pyridine rings is 1. The van der Waals surface area contributed by atoms with Crippen LogP contribution in [0.2, 0.25) is 0 Å². The maximum absolute atomic E-state index is 11.4. The maximum Gasteiger partial charge on any atom is 0.270 e. The van der Waals surface area contributed by atoms with Crippen molar-refractivity contribution in [1.29, 1.82) is 0 Å². The van der Waals surface area contributed by atoms with Crippen molar-refractivity contribution in [2.75, 3.05) is 0 Å². The SMILES string of the molecule is Cc1nc2ccc(C3CC3)nc2[nH]c1=O. The van der Waals surface area contributed by atoms with Crippen LogP contribution in [0.25, 0.3) is 11.2 Å². The molecule has 76 valence electrons. The van der Waals surface area contributed by atoms with Crippen LogP contribution in [0.4, 0.5) is 0 Å². The fourth-order valence-electron chi connectivity index (χ4n) is 1.69. The minimum atomic E-state index is -0.150. The molecule has 0 atom stereocenters. The smallest absolute Gasteiger partial charge is 0.270 e. The third kappa shape index (κ3) is 1.42. The second kappa shape index (κ2) is 2.89. The summed E-state index contributed by atoms with van der Waals surface area (Å²) in [6.45, 7) is 1.70. The number of fused-ring (bicyclic) bond motifs is 1. The number of nitrogens with one attached hydrogen (secondary N) is 1. The van der Waals surface area contributed by atoms with Crippen molar-refractivity contribution in [3.8, 4) is 0 Å². The fraction of sp³-hybridized carbons (Fsp3) is 0.364. The van der Waals surface area contributed by atoms with E-state index in [9.17, 15) is 4.79 Å². The van der Waals surface area contributed by atoms with Crippen molar-refractivity contribution in [2.24, 2.45) is 0 Å². The molecule has 0 aliphatic heterocycles. The molecule has 0 unspecified atom stereocenters. The number of nitrogens with zero attached hydrogens (tertiary/aromatic N) is 2. The number of rotatable bonds is 1. The van der Waals surface area contributed by atoms with Crippen LogP contribution >= 0.6 is 0 Å². The molecule has 0 aromatic carbocycles. The third-order valence-electron chi connectivity index (χ3n) is 2.74. The summed E-state index contributed by atoms with van der Waals surface area (Å²) < 4.78 is 0. The zero-order valence-electron chi connectivity index (χ0n) is 8.45. The van der Waals surface area contributed by atoms with Gasteiger partial charge in [-0.15, -0.1) is 0 Å². The predicted molar refractivity (Wildman–Crippen MR) is 56.9 cm³/mol. The maximum atomic E-state index is 11.4. The van der Waals surface area contributed by atoms with E-state index in [1.807, 2.05) is 12.1 Å². The van der Waals surface area contributed by atoms with E-state index in [4.69, 9.17) is 0 Å². The van der Waals surface area contributed by atoms with E-state index < -0.39 is 0 Å². The Balaban J connectivity index is 2.25. The Kier molecular flexibility index (Phi) is 1.65. The average molecular weight is 201 g/mol. The minimum absolute atomic E-state index is 0.150. The molecule has 0 bridgehead atoms. The highest BCUT2D eigenvalue weighted by atomic mass is 16.1. The summed E-state index contributed by atoms with van der Waals surface area (Å²) in [6.07, 6.45) is 2.42. The van der Waals surface area contributed by atoms with E-state index in [1.54, 1.807) is 6.92 Å². The van der Waals surface area contributed by atoms with Gasteiger partial charge in [0.05, 0.1) is 0 Å². The second-order valence-electron chi connectivity index (χ2n) is 4.03. The van der Waals surface area contributed by atoms with Gasteiger partial charge in [0.25, 0.3) is 5.56 Å². The summed E-state index contributed by atoms with van der Waals surface area (Å²) >= 11 is 0. The number of hydrogen-bond donors (Lipinski definition) is 1. The number of hydrogen-bond acceptors (Lipinski definition) is 3. The molecule has 2 heterocycles. The van der Waals surface area contributed by atoms with Gasteiger partial charge in [0.1, 0.15) is 11.2 Å². The molecular weight excluding hydrogens is 190 g/mol. The molecule has 0 spiro atoms. The van der Waals surface area contributed by atoms with E-state index in [1.165, 1.54) is 12.8 Å². The zero-order valence-corrected chi connectivity index (χ0v) is 8.45. The van der Waals surface area contributed by atoms with E-state index in [0.717, 1.165) is 11.2 Å².